The quantitative estimate of drug-likeness (QED) is 0.800. The Hall–Kier alpha value is -2.62. The number of anilines is 1. The van der Waals surface area contributed by atoms with E-state index in [1.54, 1.807) is 0 Å². The summed E-state index contributed by atoms with van der Waals surface area (Å²) in [5.41, 5.74) is 5.48. The summed E-state index contributed by atoms with van der Waals surface area (Å²) in [5.74, 6) is -0.399. The zero-order chi connectivity index (χ0) is 18.5. The standard InChI is InChI=1S/C22H25NO3/c1-15(2)19-8-3-4-9-20(19)23-21(24)14-26-22(25)13-16-10-11-17-6-5-7-18(17)12-16/h3-4,8-12,15H,5-7,13-14H2,1-2H3,(H,23,24). The zero-order valence-electron chi connectivity index (χ0n) is 15.4. The molecular weight excluding hydrogens is 326 g/mol. The molecule has 0 heterocycles. The van der Waals surface area contributed by atoms with Crippen LogP contribution >= 0.6 is 0 Å². The Morgan fingerprint density at radius 3 is 2.65 bits per heavy atom. The molecule has 0 atom stereocenters. The van der Waals surface area contributed by atoms with Gasteiger partial charge < -0.3 is 10.1 Å². The van der Waals surface area contributed by atoms with Crippen molar-refractivity contribution in [2.45, 2.75) is 45.4 Å². The lowest BCUT2D eigenvalue weighted by atomic mass is 10.0. The lowest BCUT2D eigenvalue weighted by molar-refractivity contribution is -0.146. The van der Waals surface area contributed by atoms with E-state index in [2.05, 4.69) is 31.3 Å². The number of carbonyl (C=O) groups is 2. The van der Waals surface area contributed by atoms with Crippen molar-refractivity contribution in [3.05, 3.63) is 64.7 Å². The molecule has 26 heavy (non-hydrogen) atoms. The third-order valence-electron chi connectivity index (χ3n) is 4.73. The lowest BCUT2D eigenvalue weighted by Gasteiger charge is -2.13. The lowest BCUT2D eigenvalue weighted by Crippen LogP contribution is -2.22. The van der Waals surface area contributed by atoms with Crippen LogP contribution in [-0.2, 0) is 33.6 Å². The molecule has 4 heteroatoms. The Balaban J connectivity index is 1.51. The first kappa shape index (κ1) is 18.2. The number of fused-ring (bicyclic) bond motifs is 1. The topological polar surface area (TPSA) is 55.4 Å². The average Bonchev–Trinajstić information content (AvgIpc) is 3.08. The molecule has 0 aromatic heterocycles. The van der Waals surface area contributed by atoms with Gasteiger partial charge in [0.1, 0.15) is 0 Å². The SMILES string of the molecule is CC(C)c1ccccc1NC(=O)COC(=O)Cc1ccc2c(c1)CCC2. The van der Waals surface area contributed by atoms with Gasteiger partial charge in [-0.15, -0.1) is 0 Å². The van der Waals surface area contributed by atoms with Crippen LogP contribution in [-0.4, -0.2) is 18.5 Å². The number of ether oxygens (including phenoxy) is 1. The van der Waals surface area contributed by atoms with Crippen LogP contribution in [0.1, 0.15) is 48.4 Å². The summed E-state index contributed by atoms with van der Waals surface area (Å²) in [7, 11) is 0. The Bertz CT molecular complexity index is 811. The van der Waals surface area contributed by atoms with Crippen molar-refractivity contribution in [3.63, 3.8) is 0 Å². The molecule has 1 N–H and O–H groups in total. The van der Waals surface area contributed by atoms with Gasteiger partial charge in [-0.2, -0.15) is 0 Å². The Kier molecular flexibility index (Phi) is 5.71. The van der Waals surface area contributed by atoms with Crippen LogP contribution in [0.2, 0.25) is 0 Å². The van der Waals surface area contributed by atoms with E-state index >= 15 is 0 Å². The van der Waals surface area contributed by atoms with Crippen molar-refractivity contribution in [1.29, 1.82) is 0 Å². The summed E-state index contributed by atoms with van der Waals surface area (Å²) in [6, 6.07) is 13.8. The van der Waals surface area contributed by atoms with Crippen molar-refractivity contribution in [1.82, 2.24) is 0 Å². The highest BCUT2D eigenvalue weighted by Crippen LogP contribution is 2.24. The summed E-state index contributed by atoms with van der Waals surface area (Å²) in [6.07, 6.45) is 3.58. The average molecular weight is 351 g/mol. The van der Waals surface area contributed by atoms with Crippen LogP contribution in [0.3, 0.4) is 0 Å². The van der Waals surface area contributed by atoms with Gasteiger partial charge in [-0.3, -0.25) is 9.59 Å². The molecule has 3 rings (SSSR count). The molecule has 0 bridgehead atoms. The van der Waals surface area contributed by atoms with Gasteiger partial charge in [0.15, 0.2) is 6.61 Å². The zero-order valence-corrected chi connectivity index (χ0v) is 15.4. The van der Waals surface area contributed by atoms with E-state index in [9.17, 15) is 9.59 Å². The van der Waals surface area contributed by atoms with E-state index in [1.807, 2.05) is 30.3 Å². The van der Waals surface area contributed by atoms with E-state index in [-0.39, 0.29) is 24.9 Å². The molecule has 0 saturated carbocycles. The number of aryl methyl sites for hydroxylation is 2. The minimum atomic E-state index is -0.379. The fraction of sp³-hybridized carbons (Fsp3) is 0.364. The van der Waals surface area contributed by atoms with Crippen LogP contribution in [0.5, 0.6) is 0 Å². The van der Waals surface area contributed by atoms with Crippen LogP contribution in [0, 0.1) is 0 Å². The van der Waals surface area contributed by atoms with Crippen LogP contribution in [0.4, 0.5) is 5.69 Å². The van der Waals surface area contributed by atoms with Gasteiger partial charge in [-0.25, -0.2) is 0 Å². The number of benzene rings is 2. The minimum absolute atomic E-state index is 0.198. The number of amides is 1. The van der Waals surface area contributed by atoms with E-state index in [1.165, 1.54) is 17.5 Å². The summed E-state index contributed by atoms with van der Waals surface area (Å²) >= 11 is 0. The first-order valence-corrected chi connectivity index (χ1v) is 9.18. The predicted octanol–water partition coefficient (Wildman–Crippen LogP) is 4.02. The van der Waals surface area contributed by atoms with E-state index in [0.717, 1.165) is 29.7 Å². The smallest absolute Gasteiger partial charge is 0.310 e. The number of hydrogen-bond donors (Lipinski definition) is 1. The summed E-state index contributed by atoms with van der Waals surface area (Å²) in [4.78, 5) is 24.2. The molecule has 0 fully saturated rings. The van der Waals surface area contributed by atoms with Crippen LogP contribution in [0.15, 0.2) is 42.5 Å². The van der Waals surface area contributed by atoms with Gasteiger partial charge >= 0.3 is 5.97 Å². The number of hydrogen-bond acceptors (Lipinski definition) is 3. The second kappa shape index (κ2) is 8.17. The maximum Gasteiger partial charge on any atom is 0.310 e. The fourth-order valence-electron chi connectivity index (χ4n) is 3.40. The molecule has 0 unspecified atom stereocenters. The third kappa shape index (κ3) is 4.51. The highest BCUT2D eigenvalue weighted by Gasteiger charge is 2.14. The van der Waals surface area contributed by atoms with Crippen LogP contribution in [0.25, 0.3) is 0 Å². The molecule has 136 valence electrons. The van der Waals surface area contributed by atoms with Crippen molar-refractivity contribution in [2.24, 2.45) is 0 Å². The maximum absolute atomic E-state index is 12.1. The molecule has 1 amide bonds. The van der Waals surface area contributed by atoms with E-state index in [4.69, 9.17) is 4.74 Å². The van der Waals surface area contributed by atoms with Gasteiger partial charge in [-0.1, -0.05) is 50.2 Å². The highest BCUT2D eigenvalue weighted by atomic mass is 16.5. The van der Waals surface area contributed by atoms with Crippen molar-refractivity contribution in [2.75, 3.05) is 11.9 Å². The monoisotopic (exact) mass is 351 g/mol. The van der Waals surface area contributed by atoms with E-state index < -0.39 is 0 Å². The van der Waals surface area contributed by atoms with Crippen molar-refractivity contribution in [3.8, 4) is 0 Å². The molecular formula is C22H25NO3. The number of carbonyl (C=O) groups excluding carboxylic acids is 2. The number of esters is 1. The normalized spacial score (nSPS) is 12.7. The number of rotatable bonds is 6. The van der Waals surface area contributed by atoms with Crippen molar-refractivity contribution >= 4 is 17.6 Å². The van der Waals surface area contributed by atoms with Gasteiger partial charge in [0.2, 0.25) is 0 Å². The highest BCUT2D eigenvalue weighted by molar-refractivity contribution is 5.93. The number of para-hydroxylation sites is 1. The summed E-state index contributed by atoms with van der Waals surface area (Å²) in [6.45, 7) is 3.87. The predicted molar refractivity (Wildman–Crippen MR) is 102 cm³/mol. The Labute approximate surface area is 154 Å². The Morgan fingerprint density at radius 2 is 1.85 bits per heavy atom. The molecule has 4 nitrogen and oxygen atoms in total. The molecule has 1 aliphatic rings. The van der Waals surface area contributed by atoms with Crippen LogP contribution < -0.4 is 5.32 Å². The molecule has 1 aliphatic carbocycles. The van der Waals surface area contributed by atoms with Gasteiger partial charge in [-0.05, 0) is 53.5 Å². The molecule has 0 aliphatic heterocycles. The van der Waals surface area contributed by atoms with Gasteiger partial charge in [0.05, 0.1) is 6.42 Å². The number of nitrogens with one attached hydrogen (secondary N) is 1. The summed E-state index contributed by atoms with van der Waals surface area (Å²) < 4.78 is 5.15. The van der Waals surface area contributed by atoms with Crippen molar-refractivity contribution < 1.29 is 14.3 Å². The first-order valence-electron chi connectivity index (χ1n) is 9.18. The summed E-state index contributed by atoms with van der Waals surface area (Å²) in [5, 5.41) is 2.83. The third-order valence-corrected chi connectivity index (χ3v) is 4.73. The minimum Gasteiger partial charge on any atom is -0.455 e. The Morgan fingerprint density at radius 1 is 1.08 bits per heavy atom. The molecule has 2 aromatic carbocycles. The molecule has 0 saturated heterocycles. The molecule has 0 spiro atoms. The van der Waals surface area contributed by atoms with Gasteiger partial charge in [0.25, 0.3) is 5.91 Å². The van der Waals surface area contributed by atoms with Gasteiger partial charge in [0, 0.05) is 5.69 Å². The second-order valence-corrected chi connectivity index (χ2v) is 7.08. The largest absolute Gasteiger partial charge is 0.455 e. The first-order chi connectivity index (χ1) is 12.5. The fourth-order valence-corrected chi connectivity index (χ4v) is 3.40. The maximum atomic E-state index is 12.1. The molecule has 0 radical (unpaired) electrons. The van der Waals surface area contributed by atoms with E-state index in [0.29, 0.717) is 5.92 Å². The second-order valence-electron chi connectivity index (χ2n) is 7.08. The molecule has 2 aromatic rings.